The third kappa shape index (κ3) is 3.04. The van der Waals surface area contributed by atoms with Crippen molar-refractivity contribution in [3.05, 3.63) is 64.4 Å². The molecular weight excluding hydrogens is 287 g/mol. The van der Waals surface area contributed by atoms with E-state index in [0.29, 0.717) is 12.6 Å². The molecule has 1 N–H and O–H groups in total. The Morgan fingerprint density at radius 3 is 2.90 bits per heavy atom. The standard InChI is InChI=1S/C17H18ClFN2/c1-12-10-21(11-14-6-4-7-15(19)17(14)18)16-8-3-2-5-13(16)9-20-12/h2-8,12,20H,9-11H2,1H3. The lowest BCUT2D eigenvalue weighted by Gasteiger charge is -2.27. The van der Waals surface area contributed by atoms with E-state index in [-0.39, 0.29) is 10.8 Å². The molecule has 1 atom stereocenters. The lowest BCUT2D eigenvalue weighted by molar-refractivity contribution is 0.552. The summed E-state index contributed by atoms with van der Waals surface area (Å²) in [4.78, 5) is 2.26. The second-order valence-electron chi connectivity index (χ2n) is 5.50. The first kappa shape index (κ1) is 14.4. The molecule has 1 aliphatic rings. The van der Waals surface area contributed by atoms with Crippen LogP contribution in [0, 0.1) is 5.82 Å². The summed E-state index contributed by atoms with van der Waals surface area (Å²) in [5.41, 5.74) is 3.27. The summed E-state index contributed by atoms with van der Waals surface area (Å²) in [5, 5.41) is 3.72. The first-order chi connectivity index (χ1) is 10.1. The molecule has 1 unspecified atom stereocenters. The van der Waals surface area contributed by atoms with E-state index in [2.05, 4.69) is 29.3 Å². The first-order valence-electron chi connectivity index (χ1n) is 7.14. The van der Waals surface area contributed by atoms with Gasteiger partial charge in [0, 0.05) is 31.4 Å². The van der Waals surface area contributed by atoms with Gasteiger partial charge in [-0.05, 0) is 30.2 Å². The molecule has 1 aliphatic heterocycles. The highest BCUT2D eigenvalue weighted by molar-refractivity contribution is 6.31. The van der Waals surface area contributed by atoms with E-state index in [1.807, 2.05) is 18.2 Å². The molecule has 0 bridgehead atoms. The Bertz CT molecular complexity index is 644. The Balaban J connectivity index is 1.95. The number of benzene rings is 2. The van der Waals surface area contributed by atoms with Crippen LogP contribution in [0.1, 0.15) is 18.1 Å². The van der Waals surface area contributed by atoms with Gasteiger partial charge in [-0.3, -0.25) is 0 Å². The summed E-state index contributed by atoms with van der Waals surface area (Å²) in [6.45, 7) is 4.49. The van der Waals surface area contributed by atoms with Crippen molar-refractivity contribution in [2.45, 2.75) is 26.1 Å². The second kappa shape index (κ2) is 6.04. The lowest BCUT2D eigenvalue weighted by Crippen LogP contribution is -2.35. The zero-order valence-corrected chi connectivity index (χ0v) is 12.7. The highest BCUT2D eigenvalue weighted by atomic mass is 35.5. The zero-order chi connectivity index (χ0) is 14.8. The smallest absolute Gasteiger partial charge is 0.142 e. The van der Waals surface area contributed by atoms with Crippen LogP contribution in [-0.4, -0.2) is 12.6 Å². The first-order valence-corrected chi connectivity index (χ1v) is 7.52. The average molecular weight is 305 g/mol. The minimum atomic E-state index is -0.358. The monoisotopic (exact) mass is 304 g/mol. The predicted octanol–water partition coefficient (Wildman–Crippen LogP) is 3.98. The molecule has 0 fully saturated rings. The minimum Gasteiger partial charge on any atom is -0.365 e. The molecule has 2 nitrogen and oxygen atoms in total. The molecular formula is C17H18ClFN2. The molecule has 1 heterocycles. The van der Waals surface area contributed by atoms with Crippen molar-refractivity contribution in [3.63, 3.8) is 0 Å². The average Bonchev–Trinajstić information content (AvgIpc) is 2.64. The molecule has 4 heteroatoms. The van der Waals surface area contributed by atoms with Crippen molar-refractivity contribution in [3.8, 4) is 0 Å². The normalized spacial score (nSPS) is 18.2. The van der Waals surface area contributed by atoms with E-state index in [1.165, 1.54) is 17.3 Å². The van der Waals surface area contributed by atoms with Crippen LogP contribution >= 0.6 is 11.6 Å². The van der Waals surface area contributed by atoms with E-state index in [9.17, 15) is 4.39 Å². The molecule has 2 aromatic rings. The molecule has 2 aromatic carbocycles. The SMILES string of the molecule is CC1CN(Cc2cccc(F)c2Cl)c2ccccc2CN1. The van der Waals surface area contributed by atoms with Crippen molar-refractivity contribution in [2.75, 3.05) is 11.4 Å². The van der Waals surface area contributed by atoms with Gasteiger partial charge < -0.3 is 10.2 Å². The summed E-state index contributed by atoms with van der Waals surface area (Å²) < 4.78 is 13.6. The van der Waals surface area contributed by atoms with Gasteiger partial charge in [-0.1, -0.05) is 41.9 Å². The Morgan fingerprint density at radius 2 is 2.05 bits per heavy atom. The van der Waals surface area contributed by atoms with E-state index < -0.39 is 0 Å². The van der Waals surface area contributed by atoms with Gasteiger partial charge >= 0.3 is 0 Å². The van der Waals surface area contributed by atoms with Crippen LogP contribution in [0.2, 0.25) is 5.02 Å². The van der Waals surface area contributed by atoms with Crippen molar-refractivity contribution in [2.24, 2.45) is 0 Å². The van der Waals surface area contributed by atoms with Gasteiger partial charge in [0.1, 0.15) is 5.82 Å². The maximum absolute atomic E-state index is 13.6. The largest absolute Gasteiger partial charge is 0.365 e. The Morgan fingerprint density at radius 1 is 1.24 bits per heavy atom. The summed E-state index contributed by atoms with van der Waals surface area (Å²) in [5.74, 6) is -0.358. The summed E-state index contributed by atoms with van der Waals surface area (Å²) in [7, 11) is 0. The molecule has 0 saturated heterocycles. The van der Waals surface area contributed by atoms with Crippen molar-refractivity contribution in [1.82, 2.24) is 5.32 Å². The molecule has 0 saturated carbocycles. The summed E-state index contributed by atoms with van der Waals surface area (Å²) in [6, 6.07) is 13.7. The molecule has 0 aliphatic carbocycles. The van der Waals surface area contributed by atoms with Crippen LogP contribution in [0.5, 0.6) is 0 Å². The zero-order valence-electron chi connectivity index (χ0n) is 11.9. The molecule has 110 valence electrons. The number of rotatable bonds is 2. The third-order valence-corrected chi connectivity index (χ3v) is 4.28. The highest BCUT2D eigenvalue weighted by Crippen LogP contribution is 2.28. The van der Waals surface area contributed by atoms with Crippen LogP contribution in [0.4, 0.5) is 10.1 Å². The number of nitrogens with zero attached hydrogens (tertiary/aromatic N) is 1. The van der Waals surface area contributed by atoms with E-state index in [4.69, 9.17) is 11.6 Å². The summed E-state index contributed by atoms with van der Waals surface area (Å²) in [6.07, 6.45) is 0. The number of halogens is 2. The fourth-order valence-electron chi connectivity index (χ4n) is 2.77. The molecule has 0 aromatic heterocycles. The molecule has 0 amide bonds. The molecule has 0 spiro atoms. The van der Waals surface area contributed by atoms with E-state index in [1.54, 1.807) is 6.07 Å². The number of fused-ring (bicyclic) bond motifs is 1. The second-order valence-corrected chi connectivity index (χ2v) is 5.88. The van der Waals surface area contributed by atoms with E-state index >= 15 is 0 Å². The fourth-order valence-corrected chi connectivity index (χ4v) is 2.96. The summed E-state index contributed by atoms with van der Waals surface area (Å²) >= 11 is 6.10. The van der Waals surface area contributed by atoms with Gasteiger partial charge in [-0.2, -0.15) is 0 Å². The minimum absolute atomic E-state index is 0.222. The number of anilines is 1. The number of hydrogen-bond donors (Lipinski definition) is 1. The Kier molecular flexibility index (Phi) is 4.13. The van der Waals surface area contributed by atoms with Gasteiger partial charge in [0.15, 0.2) is 0 Å². The third-order valence-electron chi connectivity index (χ3n) is 3.86. The molecule has 21 heavy (non-hydrogen) atoms. The molecule has 0 radical (unpaired) electrons. The number of nitrogens with one attached hydrogen (secondary N) is 1. The van der Waals surface area contributed by atoms with Crippen LogP contribution in [0.15, 0.2) is 42.5 Å². The highest BCUT2D eigenvalue weighted by Gasteiger charge is 2.20. The van der Waals surface area contributed by atoms with Crippen LogP contribution in [0.3, 0.4) is 0 Å². The molecule has 3 rings (SSSR count). The van der Waals surface area contributed by atoms with Crippen molar-refractivity contribution < 1.29 is 4.39 Å². The predicted molar refractivity (Wildman–Crippen MR) is 85.2 cm³/mol. The maximum Gasteiger partial charge on any atom is 0.142 e. The van der Waals surface area contributed by atoms with Crippen LogP contribution < -0.4 is 10.2 Å². The van der Waals surface area contributed by atoms with Crippen LogP contribution in [-0.2, 0) is 13.1 Å². The number of para-hydroxylation sites is 1. The Hall–Kier alpha value is -1.58. The van der Waals surface area contributed by atoms with Gasteiger partial charge in [-0.25, -0.2) is 4.39 Å². The lowest BCUT2D eigenvalue weighted by atomic mass is 10.1. The maximum atomic E-state index is 13.6. The van der Waals surface area contributed by atoms with Gasteiger partial charge in [0.05, 0.1) is 5.02 Å². The topological polar surface area (TPSA) is 15.3 Å². The van der Waals surface area contributed by atoms with E-state index in [0.717, 1.165) is 18.7 Å². The van der Waals surface area contributed by atoms with Crippen LogP contribution in [0.25, 0.3) is 0 Å². The van der Waals surface area contributed by atoms with Gasteiger partial charge in [-0.15, -0.1) is 0 Å². The van der Waals surface area contributed by atoms with Crippen molar-refractivity contribution in [1.29, 1.82) is 0 Å². The number of hydrogen-bond acceptors (Lipinski definition) is 2. The quantitative estimate of drug-likeness (QED) is 0.903. The van der Waals surface area contributed by atoms with Gasteiger partial charge in [0.2, 0.25) is 0 Å². The fraction of sp³-hybridized carbons (Fsp3) is 0.294. The van der Waals surface area contributed by atoms with Gasteiger partial charge in [0.25, 0.3) is 0 Å². The van der Waals surface area contributed by atoms with Crippen molar-refractivity contribution >= 4 is 17.3 Å². The Labute approximate surface area is 129 Å².